The fraction of sp³-hybridized carbons (Fsp3) is 0.294. The number of urea groups is 1. The van der Waals surface area contributed by atoms with Crippen molar-refractivity contribution in [2.75, 3.05) is 36.4 Å². The number of hydrogen-bond donors (Lipinski definition) is 2. The number of aromatic nitrogens is 4. The monoisotopic (exact) mass is 416 g/mol. The highest BCUT2D eigenvalue weighted by Gasteiger charge is 2.24. The Kier molecular flexibility index (Phi) is 4.80. The molecule has 0 radical (unpaired) electrons. The number of carbonyl (C=O) groups excluding carboxylic acids is 1. The minimum Gasteiger partial charge on any atom is -0.352 e. The van der Waals surface area contributed by atoms with Crippen molar-refractivity contribution in [3.63, 3.8) is 0 Å². The number of nitrogens with zero attached hydrogens (tertiary/aromatic N) is 6. The molecule has 1 aromatic carbocycles. The van der Waals surface area contributed by atoms with E-state index in [1.165, 1.54) is 30.6 Å². The molecule has 0 bridgehead atoms. The minimum absolute atomic E-state index is 0.00400. The van der Waals surface area contributed by atoms with Crippen molar-refractivity contribution in [1.29, 1.82) is 0 Å². The Morgan fingerprint density at radius 2 is 1.79 bits per heavy atom. The van der Waals surface area contributed by atoms with Crippen molar-refractivity contribution < 1.29 is 13.2 Å². The van der Waals surface area contributed by atoms with E-state index in [-0.39, 0.29) is 10.9 Å². The molecule has 29 heavy (non-hydrogen) atoms. The van der Waals surface area contributed by atoms with Crippen molar-refractivity contribution in [2.24, 2.45) is 12.2 Å². The lowest BCUT2D eigenvalue weighted by Gasteiger charge is -2.35. The lowest BCUT2D eigenvalue weighted by Crippen LogP contribution is -2.50. The Morgan fingerprint density at radius 3 is 2.45 bits per heavy atom. The zero-order valence-electron chi connectivity index (χ0n) is 15.7. The number of piperazine rings is 1. The van der Waals surface area contributed by atoms with Crippen molar-refractivity contribution >= 4 is 38.6 Å². The third kappa shape index (κ3) is 3.84. The summed E-state index contributed by atoms with van der Waals surface area (Å²) in [6.07, 6.45) is 3.26. The van der Waals surface area contributed by atoms with E-state index in [4.69, 9.17) is 5.14 Å². The van der Waals surface area contributed by atoms with Gasteiger partial charge in [0.15, 0.2) is 5.65 Å². The number of nitrogens with two attached hydrogens (primary N) is 1. The average molecular weight is 416 g/mol. The number of fused-ring (bicyclic) bond motifs is 1. The van der Waals surface area contributed by atoms with E-state index in [0.717, 1.165) is 16.9 Å². The molecule has 1 aliphatic heterocycles. The molecule has 2 aromatic heterocycles. The molecule has 0 aliphatic carbocycles. The Bertz CT molecular complexity index is 1150. The van der Waals surface area contributed by atoms with Gasteiger partial charge >= 0.3 is 6.03 Å². The summed E-state index contributed by atoms with van der Waals surface area (Å²) in [6.45, 7) is 2.29. The third-order valence-corrected chi connectivity index (χ3v) is 5.74. The first-order valence-electron chi connectivity index (χ1n) is 8.89. The van der Waals surface area contributed by atoms with E-state index in [0.29, 0.717) is 31.9 Å². The number of rotatable bonds is 3. The van der Waals surface area contributed by atoms with Crippen LogP contribution in [0, 0.1) is 0 Å². The normalized spacial score (nSPS) is 15.0. The van der Waals surface area contributed by atoms with Crippen molar-refractivity contribution in [1.82, 2.24) is 24.6 Å². The molecule has 0 unspecified atom stereocenters. The van der Waals surface area contributed by atoms with Gasteiger partial charge in [0.1, 0.15) is 12.1 Å². The lowest BCUT2D eigenvalue weighted by molar-refractivity contribution is 0.208. The first kappa shape index (κ1) is 19.1. The Hall–Kier alpha value is -3.25. The van der Waals surface area contributed by atoms with Crippen LogP contribution in [-0.2, 0) is 17.1 Å². The predicted octanol–water partition coefficient (Wildman–Crippen LogP) is 0.365. The molecule has 3 aromatic rings. The second-order valence-corrected chi connectivity index (χ2v) is 8.24. The summed E-state index contributed by atoms with van der Waals surface area (Å²) in [5.41, 5.74) is 1.26. The van der Waals surface area contributed by atoms with Gasteiger partial charge in [-0.2, -0.15) is 5.10 Å². The first-order chi connectivity index (χ1) is 13.8. The standard InChI is InChI=1S/C17H20N8O3S/c1-23-15-14(10-21-23)16(20-11-19-15)24-6-8-25(9-7-24)17(26)22-12-2-4-13(5-3-12)29(18,27)28/h2-5,10-11H,6-9H2,1H3,(H,22,26)(H2,18,27,28). The van der Waals surface area contributed by atoms with Crippen LogP contribution in [-0.4, -0.2) is 65.3 Å². The maximum atomic E-state index is 12.5. The predicted molar refractivity (Wildman–Crippen MR) is 107 cm³/mol. The number of anilines is 2. The SMILES string of the molecule is Cn1ncc2c(N3CCN(C(=O)Nc4ccc(S(N)(=O)=O)cc4)CC3)ncnc21. The van der Waals surface area contributed by atoms with Gasteiger partial charge in [0.05, 0.1) is 16.5 Å². The summed E-state index contributed by atoms with van der Waals surface area (Å²) in [6, 6.07) is 5.48. The number of nitrogens with one attached hydrogen (secondary N) is 1. The van der Waals surface area contributed by atoms with Crippen molar-refractivity contribution in [3.8, 4) is 0 Å². The molecule has 0 spiro atoms. The summed E-state index contributed by atoms with van der Waals surface area (Å²) < 4.78 is 24.3. The summed E-state index contributed by atoms with van der Waals surface area (Å²) in [4.78, 5) is 25.0. The molecular weight excluding hydrogens is 396 g/mol. The van der Waals surface area contributed by atoms with Crippen LogP contribution in [0.25, 0.3) is 11.0 Å². The topological polar surface area (TPSA) is 139 Å². The molecule has 4 rings (SSSR count). The number of aryl methyl sites for hydroxylation is 1. The summed E-state index contributed by atoms with van der Waals surface area (Å²) >= 11 is 0. The van der Waals surface area contributed by atoms with Gasteiger partial charge in [0.2, 0.25) is 10.0 Å². The van der Waals surface area contributed by atoms with Crippen LogP contribution in [0.4, 0.5) is 16.3 Å². The number of sulfonamides is 1. The molecular formula is C17H20N8O3S. The van der Waals surface area contributed by atoms with E-state index >= 15 is 0 Å². The molecule has 12 heteroatoms. The lowest BCUT2D eigenvalue weighted by atomic mass is 10.3. The number of carbonyl (C=O) groups is 1. The van der Waals surface area contributed by atoms with Crippen LogP contribution in [0.3, 0.4) is 0 Å². The summed E-state index contributed by atoms with van der Waals surface area (Å²) in [5, 5.41) is 13.0. The molecule has 3 heterocycles. The van der Waals surface area contributed by atoms with Crippen LogP contribution in [0.15, 0.2) is 41.7 Å². The zero-order chi connectivity index (χ0) is 20.6. The molecule has 3 N–H and O–H groups in total. The van der Waals surface area contributed by atoms with Gasteiger partial charge in [0.25, 0.3) is 0 Å². The van der Waals surface area contributed by atoms with E-state index in [1.807, 2.05) is 7.05 Å². The van der Waals surface area contributed by atoms with Gasteiger partial charge in [-0.15, -0.1) is 0 Å². The highest BCUT2D eigenvalue weighted by atomic mass is 32.2. The van der Waals surface area contributed by atoms with Crippen LogP contribution >= 0.6 is 0 Å². The maximum absolute atomic E-state index is 12.5. The van der Waals surface area contributed by atoms with Crippen molar-refractivity contribution in [3.05, 3.63) is 36.8 Å². The molecule has 1 aliphatic rings. The van der Waals surface area contributed by atoms with E-state index in [1.54, 1.807) is 15.8 Å². The van der Waals surface area contributed by atoms with Gasteiger partial charge < -0.3 is 15.1 Å². The van der Waals surface area contributed by atoms with E-state index < -0.39 is 10.0 Å². The molecule has 0 atom stereocenters. The fourth-order valence-corrected chi connectivity index (χ4v) is 3.77. The van der Waals surface area contributed by atoms with Gasteiger partial charge in [-0.3, -0.25) is 4.68 Å². The summed E-state index contributed by atoms with van der Waals surface area (Å²) in [5.74, 6) is 0.807. The smallest absolute Gasteiger partial charge is 0.321 e. The van der Waals surface area contributed by atoms with Gasteiger partial charge in [-0.05, 0) is 24.3 Å². The number of amides is 2. The molecule has 152 valence electrons. The average Bonchev–Trinajstić information content (AvgIpc) is 3.09. The number of hydrogen-bond acceptors (Lipinski definition) is 7. The largest absolute Gasteiger partial charge is 0.352 e. The van der Waals surface area contributed by atoms with Crippen LogP contribution < -0.4 is 15.4 Å². The number of primary sulfonamides is 1. The quantitative estimate of drug-likeness (QED) is 0.628. The molecule has 1 fully saturated rings. The molecule has 11 nitrogen and oxygen atoms in total. The molecule has 0 saturated carbocycles. The zero-order valence-corrected chi connectivity index (χ0v) is 16.5. The summed E-state index contributed by atoms with van der Waals surface area (Å²) in [7, 11) is -1.93. The maximum Gasteiger partial charge on any atom is 0.321 e. The van der Waals surface area contributed by atoms with Gasteiger partial charge in [0, 0.05) is 38.9 Å². The molecule has 1 saturated heterocycles. The highest BCUT2D eigenvalue weighted by Crippen LogP contribution is 2.23. The first-order valence-corrected chi connectivity index (χ1v) is 10.4. The minimum atomic E-state index is -3.76. The Balaban J connectivity index is 1.39. The highest BCUT2D eigenvalue weighted by molar-refractivity contribution is 7.89. The van der Waals surface area contributed by atoms with E-state index in [9.17, 15) is 13.2 Å². The third-order valence-electron chi connectivity index (χ3n) is 4.81. The number of benzene rings is 1. The van der Waals surface area contributed by atoms with Gasteiger partial charge in [-0.25, -0.2) is 28.3 Å². The van der Waals surface area contributed by atoms with Crippen LogP contribution in [0.5, 0.6) is 0 Å². The van der Waals surface area contributed by atoms with Crippen LogP contribution in [0.1, 0.15) is 0 Å². The second-order valence-electron chi connectivity index (χ2n) is 6.68. The van der Waals surface area contributed by atoms with Crippen LogP contribution in [0.2, 0.25) is 0 Å². The second kappa shape index (κ2) is 7.29. The molecule has 2 amide bonds. The van der Waals surface area contributed by atoms with Gasteiger partial charge in [-0.1, -0.05) is 0 Å². The fourth-order valence-electron chi connectivity index (χ4n) is 3.25. The Labute approximate surface area is 167 Å². The van der Waals surface area contributed by atoms with E-state index in [2.05, 4.69) is 25.3 Å². The Morgan fingerprint density at radius 1 is 1.10 bits per heavy atom. The van der Waals surface area contributed by atoms with Crippen molar-refractivity contribution in [2.45, 2.75) is 4.90 Å².